The van der Waals surface area contributed by atoms with Crippen LogP contribution >= 0.6 is 30.6 Å². The molecule has 0 N–H and O–H groups in total. The fourth-order valence-corrected chi connectivity index (χ4v) is 3.06. The van der Waals surface area contributed by atoms with Crippen LogP contribution in [0.4, 0.5) is 0 Å². The molecule has 0 bridgehead atoms. The van der Waals surface area contributed by atoms with E-state index < -0.39 is 7.37 Å². The Kier molecular flexibility index (Phi) is 10.5. The Morgan fingerprint density at radius 2 is 1.53 bits per heavy atom. The summed E-state index contributed by atoms with van der Waals surface area (Å²) in [4.78, 5) is 0. The molecule has 0 aliphatic rings. The van der Waals surface area contributed by atoms with Crippen molar-refractivity contribution in [3.63, 3.8) is 0 Å². The highest BCUT2D eigenvalue weighted by Gasteiger charge is 2.19. The lowest BCUT2D eigenvalue weighted by Crippen LogP contribution is -1.96. The summed E-state index contributed by atoms with van der Waals surface area (Å²) in [6, 6.07) is 0. The van der Waals surface area contributed by atoms with Gasteiger partial charge in [0, 0.05) is 0 Å². The van der Waals surface area contributed by atoms with E-state index in [0.29, 0.717) is 6.61 Å². The first-order valence-corrected chi connectivity index (χ1v) is 8.59. The molecular weight excluding hydrogens is 254 g/mol. The van der Waals surface area contributed by atoms with E-state index >= 15 is 0 Å². The highest BCUT2D eigenvalue weighted by atomic mass is 35.5. The van der Waals surface area contributed by atoms with E-state index in [1.165, 1.54) is 25.7 Å². The van der Waals surface area contributed by atoms with Crippen LogP contribution in [-0.4, -0.2) is 17.8 Å². The van der Waals surface area contributed by atoms with Crippen molar-refractivity contribution in [1.82, 2.24) is 0 Å². The van der Waals surface area contributed by atoms with E-state index in [-0.39, 0.29) is 11.2 Å². The van der Waals surface area contributed by atoms with Crippen molar-refractivity contribution in [3.8, 4) is 0 Å². The van der Waals surface area contributed by atoms with Crippen LogP contribution in [0.2, 0.25) is 0 Å². The summed E-state index contributed by atoms with van der Waals surface area (Å²) in [5.74, 6) is 0. The van der Waals surface area contributed by atoms with Gasteiger partial charge in [-0.05, 0) is 6.42 Å². The third kappa shape index (κ3) is 8.56. The van der Waals surface area contributed by atoms with Crippen LogP contribution in [0.5, 0.6) is 0 Å². The monoisotopic (exact) mass is 274 g/mol. The fraction of sp³-hybridized carbons (Fsp3) is 1.00. The van der Waals surface area contributed by atoms with Crippen molar-refractivity contribution in [2.45, 2.75) is 45.4 Å². The van der Waals surface area contributed by atoms with Crippen LogP contribution in [-0.2, 0) is 9.09 Å². The highest BCUT2D eigenvalue weighted by Crippen LogP contribution is 2.48. The normalized spacial score (nSPS) is 11.9. The van der Waals surface area contributed by atoms with Gasteiger partial charge < -0.3 is 4.52 Å². The van der Waals surface area contributed by atoms with E-state index in [2.05, 4.69) is 6.92 Å². The lowest BCUT2D eigenvalue weighted by molar-refractivity contribution is 0.306. The Hall–Kier alpha value is 0.770. The van der Waals surface area contributed by atoms with E-state index in [0.717, 1.165) is 12.8 Å². The maximum absolute atomic E-state index is 11.6. The molecule has 0 saturated carbocycles. The van der Waals surface area contributed by atoms with Crippen molar-refractivity contribution in [2.75, 3.05) is 17.8 Å². The van der Waals surface area contributed by atoms with Crippen molar-refractivity contribution in [2.24, 2.45) is 0 Å². The first-order chi connectivity index (χ1) is 7.18. The topological polar surface area (TPSA) is 26.3 Å². The Morgan fingerprint density at radius 3 is 2.07 bits per heavy atom. The standard InChI is InChI=1S/C10H21Cl2O2P/c1-2-3-4-5-6-7-8-14-15(13,9-11)10-12/h2-10H2,1H3. The molecule has 15 heavy (non-hydrogen) atoms. The van der Waals surface area contributed by atoms with Gasteiger partial charge in [-0.2, -0.15) is 0 Å². The quantitative estimate of drug-likeness (QED) is 0.317. The Balaban J connectivity index is 3.34. The van der Waals surface area contributed by atoms with Gasteiger partial charge in [-0.1, -0.05) is 39.0 Å². The number of unbranched alkanes of at least 4 members (excludes halogenated alkanes) is 5. The van der Waals surface area contributed by atoms with E-state index in [1.54, 1.807) is 0 Å². The average Bonchev–Trinajstić information content (AvgIpc) is 2.27. The summed E-state index contributed by atoms with van der Waals surface area (Å²) in [6.45, 7) is 2.71. The zero-order chi connectivity index (χ0) is 11.6. The molecule has 0 heterocycles. The molecule has 92 valence electrons. The summed E-state index contributed by atoms with van der Waals surface area (Å²) in [7, 11) is -2.71. The summed E-state index contributed by atoms with van der Waals surface area (Å²) < 4.78 is 16.8. The number of rotatable bonds is 10. The number of halogens is 2. The second-order valence-electron chi connectivity index (χ2n) is 3.65. The molecule has 0 aliphatic carbocycles. The average molecular weight is 275 g/mol. The Morgan fingerprint density at radius 1 is 1.00 bits per heavy atom. The van der Waals surface area contributed by atoms with Crippen LogP contribution in [0.25, 0.3) is 0 Å². The van der Waals surface area contributed by atoms with Gasteiger partial charge in [0.1, 0.15) is 11.2 Å². The maximum Gasteiger partial charge on any atom is 0.231 e. The van der Waals surface area contributed by atoms with Crippen molar-refractivity contribution in [3.05, 3.63) is 0 Å². The lowest BCUT2D eigenvalue weighted by Gasteiger charge is -2.12. The Labute approximate surface area is 103 Å². The number of hydrogen-bond donors (Lipinski definition) is 0. The number of alkyl halides is 2. The highest BCUT2D eigenvalue weighted by molar-refractivity contribution is 7.62. The molecule has 0 aromatic heterocycles. The van der Waals surface area contributed by atoms with Gasteiger partial charge in [-0.15, -0.1) is 23.2 Å². The van der Waals surface area contributed by atoms with Crippen LogP contribution in [0.3, 0.4) is 0 Å². The predicted molar refractivity (Wildman–Crippen MR) is 68.4 cm³/mol. The van der Waals surface area contributed by atoms with Gasteiger partial charge in [0.15, 0.2) is 0 Å². The maximum atomic E-state index is 11.6. The molecule has 0 fully saturated rings. The summed E-state index contributed by atoms with van der Waals surface area (Å²) in [5.41, 5.74) is 0.0403. The predicted octanol–water partition coefficient (Wildman–Crippen LogP) is 5.03. The molecule has 0 spiro atoms. The van der Waals surface area contributed by atoms with Gasteiger partial charge >= 0.3 is 0 Å². The molecule has 0 aliphatic heterocycles. The molecule has 5 heteroatoms. The molecular formula is C10H21Cl2O2P. The Bertz CT molecular complexity index is 180. The smallest absolute Gasteiger partial charge is 0.231 e. The van der Waals surface area contributed by atoms with Crippen LogP contribution in [0.1, 0.15) is 45.4 Å². The molecule has 0 unspecified atom stereocenters. The zero-order valence-electron chi connectivity index (χ0n) is 9.38. The molecule has 0 amide bonds. The second-order valence-corrected chi connectivity index (χ2v) is 7.45. The first-order valence-electron chi connectivity index (χ1n) is 5.53. The molecule has 0 rings (SSSR count). The van der Waals surface area contributed by atoms with Gasteiger partial charge in [0.05, 0.1) is 6.61 Å². The zero-order valence-corrected chi connectivity index (χ0v) is 11.8. The molecule has 2 nitrogen and oxygen atoms in total. The second kappa shape index (κ2) is 9.96. The van der Waals surface area contributed by atoms with Gasteiger partial charge in [0.25, 0.3) is 0 Å². The SMILES string of the molecule is CCCCCCCCOP(=O)(CCl)CCl. The summed E-state index contributed by atoms with van der Waals surface area (Å²) in [5, 5.41) is 0. The minimum absolute atomic E-state index is 0.0202. The van der Waals surface area contributed by atoms with Crippen molar-refractivity contribution >= 4 is 30.6 Å². The first kappa shape index (κ1) is 15.8. The molecule has 0 saturated heterocycles. The lowest BCUT2D eigenvalue weighted by atomic mass is 10.1. The number of hydrogen-bond acceptors (Lipinski definition) is 2. The molecule has 0 aromatic carbocycles. The fourth-order valence-electron chi connectivity index (χ4n) is 1.21. The minimum Gasteiger partial charge on any atom is -0.327 e. The van der Waals surface area contributed by atoms with Crippen LogP contribution < -0.4 is 0 Å². The van der Waals surface area contributed by atoms with Gasteiger partial charge in [0.2, 0.25) is 7.37 Å². The third-order valence-corrected chi connectivity index (χ3v) is 5.76. The summed E-state index contributed by atoms with van der Waals surface area (Å²) in [6.07, 6.45) is 7.13. The van der Waals surface area contributed by atoms with E-state index in [9.17, 15) is 4.57 Å². The van der Waals surface area contributed by atoms with Crippen LogP contribution in [0, 0.1) is 0 Å². The van der Waals surface area contributed by atoms with Crippen LogP contribution in [0.15, 0.2) is 0 Å². The largest absolute Gasteiger partial charge is 0.327 e. The van der Waals surface area contributed by atoms with Gasteiger partial charge in [-0.25, -0.2) is 0 Å². The van der Waals surface area contributed by atoms with Crippen molar-refractivity contribution in [1.29, 1.82) is 0 Å². The van der Waals surface area contributed by atoms with Gasteiger partial charge in [-0.3, -0.25) is 4.57 Å². The van der Waals surface area contributed by atoms with E-state index in [1.807, 2.05) is 0 Å². The molecule has 0 aromatic rings. The molecule has 0 atom stereocenters. The van der Waals surface area contributed by atoms with Crippen molar-refractivity contribution < 1.29 is 9.09 Å². The minimum atomic E-state index is -2.71. The van der Waals surface area contributed by atoms with E-state index in [4.69, 9.17) is 27.7 Å². The molecule has 0 radical (unpaired) electrons. The third-order valence-electron chi connectivity index (χ3n) is 2.19. The summed E-state index contributed by atoms with van der Waals surface area (Å²) >= 11 is 11.0.